The van der Waals surface area contributed by atoms with Crippen LogP contribution in [-0.2, 0) is 0 Å². The molecule has 0 aliphatic rings. The van der Waals surface area contributed by atoms with E-state index in [2.05, 4.69) is 25.3 Å². The van der Waals surface area contributed by atoms with Gasteiger partial charge in [0, 0.05) is 17.3 Å². The SMILES string of the molecule is Cc1ccc(Nc2ncc(F)c(-c3cc(F)c4nc(C)n(C(C)C)c4c3)n2)nc1C. The van der Waals surface area contributed by atoms with E-state index in [1.165, 1.54) is 6.07 Å². The number of nitrogens with one attached hydrogen (secondary N) is 1. The number of anilines is 2. The summed E-state index contributed by atoms with van der Waals surface area (Å²) in [4.78, 5) is 17.0. The van der Waals surface area contributed by atoms with Crippen LogP contribution in [0.3, 0.4) is 0 Å². The molecule has 1 N–H and O–H groups in total. The first-order valence-electron chi connectivity index (χ1n) is 9.67. The van der Waals surface area contributed by atoms with Gasteiger partial charge in [-0.25, -0.2) is 28.7 Å². The zero-order valence-corrected chi connectivity index (χ0v) is 17.5. The molecule has 6 nitrogen and oxygen atoms in total. The summed E-state index contributed by atoms with van der Waals surface area (Å²) >= 11 is 0. The molecule has 0 saturated carbocycles. The van der Waals surface area contributed by atoms with Gasteiger partial charge in [0.15, 0.2) is 11.6 Å². The van der Waals surface area contributed by atoms with Crippen molar-refractivity contribution in [1.82, 2.24) is 24.5 Å². The number of nitrogens with zero attached hydrogens (tertiary/aromatic N) is 5. The summed E-state index contributed by atoms with van der Waals surface area (Å²) in [6.07, 6.45) is 1.07. The molecule has 154 valence electrons. The van der Waals surface area contributed by atoms with Crippen LogP contribution in [0.2, 0.25) is 0 Å². The van der Waals surface area contributed by atoms with Gasteiger partial charge in [-0.1, -0.05) is 6.07 Å². The van der Waals surface area contributed by atoms with E-state index in [-0.39, 0.29) is 23.2 Å². The molecule has 3 heterocycles. The number of aromatic nitrogens is 5. The van der Waals surface area contributed by atoms with Gasteiger partial charge in [0.05, 0.1) is 11.7 Å². The standard InChI is InChI=1S/C22H22F2N6/c1-11(2)30-14(5)27-21-16(23)8-15(9-18(21)30)20-17(24)10-25-22(29-20)28-19-7-6-12(3)13(4)26-19/h6-11H,1-5H3,(H,25,26,28,29). The fourth-order valence-electron chi connectivity index (χ4n) is 3.50. The Hall–Kier alpha value is -3.42. The van der Waals surface area contributed by atoms with Gasteiger partial charge in [-0.2, -0.15) is 0 Å². The Morgan fingerprint density at radius 2 is 1.73 bits per heavy atom. The fourth-order valence-corrected chi connectivity index (χ4v) is 3.50. The molecule has 0 radical (unpaired) electrons. The molecule has 30 heavy (non-hydrogen) atoms. The highest BCUT2D eigenvalue weighted by molar-refractivity contribution is 5.83. The summed E-state index contributed by atoms with van der Waals surface area (Å²) in [5, 5.41) is 2.98. The zero-order valence-electron chi connectivity index (χ0n) is 17.5. The summed E-state index contributed by atoms with van der Waals surface area (Å²) in [5.41, 5.74) is 3.11. The first-order chi connectivity index (χ1) is 14.2. The Morgan fingerprint density at radius 3 is 2.43 bits per heavy atom. The van der Waals surface area contributed by atoms with Crippen molar-refractivity contribution in [3.05, 3.63) is 59.2 Å². The van der Waals surface area contributed by atoms with Crippen molar-refractivity contribution >= 4 is 22.8 Å². The van der Waals surface area contributed by atoms with Crippen LogP contribution in [0.25, 0.3) is 22.3 Å². The number of rotatable bonds is 4. The minimum Gasteiger partial charge on any atom is -0.326 e. The van der Waals surface area contributed by atoms with Crippen molar-refractivity contribution in [3.8, 4) is 11.3 Å². The third-order valence-corrected chi connectivity index (χ3v) is 5.05. The van der Waals surface area contributed by atoms with Crippen molar-refractivity contribution in [2.45, 2.75) is 40.7 Å². The minimum absolute atomic E-state index is 0.00583. The smallest absolute Gasteiger partial charge is 0.229 e. The van der Waals surface area contributed by atoms with Gasteiger partial charge in [0.25, 0.3) is 0 Å². The second-order valence-electron chi connectivity index (χ2n) is 7.56. The number of fused-ring (bicyclic) bond motifs is 1. The van der Waals surface area contributed by atoms with Crippen molar-refractivity contribution in [2.24, 2.45) is 0 Å². The van der Waals surface area contributed by atoms with E-state index in [4.69, 9.17) is 0 Å². The van der Waals surface area contributed by atoms with Crippen LogP contribution in [0.4, 0.5) is 20.5 Å². The van der Waals surface area contributed by atoms with Gasteiger partial charge in [-0.05, 0) is 58.4 Å². The van der Waals surface area contributed by atoms with Crippen LogP contribution >= 0.6 is 0 Å². The van der Waals surface area contributed by atoms with Gasteiger partial charge < -0.3 is 9.88 Å². The molecule has 0 amide bonds. The molecule has 0 aliphatic heterocycles. The van der Waals surface area contributed by atoms with Crippen molar-refractivity contribution in [2.75, 3.05) is 5.32 Å². The maximum absolute atomic E-state index is 14.8. The van der Waals surface area contributed by atoms with Crippen LogP contribution in [0.5, 0.6) is 0 Å². The normalized spacial score (nSPS) is 11.5. The monoisotopic (exact) mass is 408 g/mol. The number of pyridine rings is 1. The molecule has 4 aromatic rings. The van der Waals surface area contributed by atoms with Crippen LogP contribution in [0.15, 0.2) is 30.5 Å². The molecule has 0 spiro atoms. The average molecular weight is 408 g/mol. The molecule has 0 unspecified atom stereocenters. The van der Waals surface area contributed by atoms with E-state index in [1.807, 2.05) is 45.3 Å². The second-order valence-corrected chi connectivity index (χ2v) is 7.56. The van der Waals surface area contributed by atoms with Crippen molar-refractivity contribution in [1.29, 1.82) is 0 Å². The van der Waals surface area contributed by atoms with Crippen molar-refractivity contribution < 1.29 is 8.78 Å². The van der Waals surface area contributed by atoms with Gasteiger partial charge in [-0.15, -0.1) is 0 Å². The molecule has 0 atom stereocenters. The molecule has 0 saturated heterocycles. The van der Waals surface area contributed by atoms with Gasteiger partial charge in [-0.3, -0.25) is 0 Å². The fraction of sp³-hybridized carbons (Fsp3) is 0.273. The lowest BCUT2D eigenvalue weighted by Crippen LogP contribution is -2.04. The maximum atomic E-state index is 14.8. The Morgan fingerprint density at radius 1 is 0.967 bits per heavy atom. The Balaban J connectivity index is 1.80. The topological polar surface area (TPSA) is 68.5 Å². The predicted molar refractivity (Wildman–Crippen MR) is 113 cm³/mol. The second kappa shape index (κ2) is 7.44. The summed E-state index contributed by atoms with van der Waals surface area (Å²) in [7, 11) is 0. The molecule has 0 aliphatic carbocycles. The molecular formula is C22H22F2N6. The Labute approximate surface area is 173 Å². The lowest BCUT2D eigenvalue weighted by atomic mass is 10.1. The highest BCUT2D eigenvalue weighted by Gasteiger charge is 2.18. The molecule has 4 rings (SSSR count). The van der Waals surface area contributed by atoms with Crippen LogP contribution in [-0.4, -0.2) is 24.5 Å². The summed E-state index contributed by atoms with van der Waals surface area (Å²) in [5.74, 6) is 0.261. The Bertz CT molecular complexity index is 1260. The average Bonchev–Trinajstić information content (AvgIpc) is 3.03. The highest BCUT2D eigenvalue weighted by Crippen LogP contribution is 2.30. The van der Waals surface area contributed by atoms with Gasteiger partial charge >= 0.3 is 0 Å². The summed E-state index contributed by atoms with van der Waals surface area (Å²) in [6, 6.07) is 6.76. The third-order valence-electron chi connectivity index (χ3n) is 5.05. The van der Waals surface area contributed by atoms with Crippen LogP contribution < -0.4 is 5.32 Å². The van der Waals surface area contributed by atoms with E-state index < -0.39 is 11.6 Å². The summed E-state index contributed by atoms with van der Waals surface area (Å²) in [6.45, 7) is 9.66. The third kappa shape index (κ3) is 3.49. The molecule has 8 heteroatoms. The van der Waals surface area contributed by atoms with Gasteiger partial charge in [0.1, 0.15) is 22.9 Å². The van der Waals surface area contributed by atoms with Gasteiger partial charge in [0.2, 0.25) is 5.95 Å². The zero-order chi connectivity index (χ0) is 21.6. The molecule has 1 aromatic carbocycles. The number of benzene rings is 1. The summed E-state index contributed by atoms with van der Waals surface area (Å²) < 4.78 is 31.3. The van der Waals surface area contributed by atoms with E-state index in [0.717, 1.165) is 17.5 Å². The van der Waals surface area contributed by atoms with E-state index in [1.54, 1.807) is 12.1 Å². The van der Waals surface area contributed by atoms with E-state index >= 15 is 0 Å². The van der Waals surface area contributed by atoms with Crippen molar-refractivity contribution in [3.63, 3.8) is 0 Å². The number of aryl methyl sites for hydroxylation is 3. The molecule has 0 fully saturated rings. The first-order valence-corrected chi connectivity index (χ1v) is 9.67. The lowest BCUT2D eigenvalue weighted by molar-refractivity contribution is 0.600. The lowest BCUT2D eigenvalue weighted by Gasteiger charge is -2.12. The van der Waals surface area contributed by atoms with Crippen LogP contribution in [0, 0.1) is 32.4 Å². The Kier molecular flexibility index (Phi) is 4.93. The predicted octanol–water partition coefficient (Wildman–Crippen LogP) is 5.42. The van der Waals surface area contributed by atoms with Crippen LogP contribution in [0.1, 0.15) is 37.0 Å². The number of hydrogen-bond donors (Lipinski definition) is 1. The number of hydrogen-bond acceptors (Lipinski definition) is 5. The maximum Gasteiger partial charge on any atom is 0.229 e. The number of halogens is 2. The minimum atomic E-state index is -0.639. The molecule has 3 aromatic heterocycles. The number of imidazole rings is 1. The highest BCUT2D eigenvalue weighted by atomic mass is 19.1. The first kappa shape index (κ1) is 19.9. The molecular weight excluding hydrogens is 386 g/mol. The molecule has 0 bridgehead atoms. The quantitative estimate of drug-likeness (QED) is 0.489. The largest absolute Gasteiger partial charge is 0.326 e. The van der Waals surface area contributed by atoms with E-state index in [0.29, 0.717) is 22.7 Å². The van der Waals surface area contributed by atoms with E-state index in [9.17, 15) is 8.78 Å².